The smallest absolute Gasteiger partial charge is 0.124 e. The van der Waals surface area contributed by atoms with E-state index < -0.39 is 0 Å². The highest BCUT2D eigenvalue weighted by atomic mass is 32.9. The van der Waals surface area contributed by atoms with Crippen molar-refractivity contribution in [3.05, 3.63) is 104 Å². The van der Waals surface area contributed by atoms with Gasteiger partial charge in [-0.1, -0.05) is 93.6 Å². The average molecular weight is 617 g/mol. The van der Waals surface area contributed by atoms with Crippen LogP contribution in [0.5, 0.6) is 5.75 Å². The highest BCUT2D eigenvalue weighted by Crippen LogP contribution is 2.38. The molecule has 0 amide bonds. The maximum absolute atomic E-state index is 11.6. The van der Waals surface area contributed by atoms with Crippen LogP contribution >= 0.6 is 32.9 Å². The molecule has 2 aliphatic heterocycles. The van der Waals surface area contributed by atoms with Crippen molar-refractivity contribution in [1.29, 1.82) is 0 Å². The van der Waals surface area contributed by atoms with Crippen LogP contribution in [-0.4, -0.2) is 77.1 Å². The first kappa shape index (κ1) is 29.6. The fraction of sp³-hybridized carbons (Fsp3) is 0.382. The number of benzene rings is 3. The summed E-state index contributed by atoms with van der Waals surface area (Å²) in [6.07, 6.45) is 0. The Morgan fingerprint density at radius 3 is 1.40 bits per heavy atom. The van der Waals surface area contributed by atoms with Crippen molar-refractivity contribution in [3.63, 3.8) is 0 Å². The zero-order chi connectivity index (χ0) is 28.9. The molecule has 4 aromatic rings. The van der Waals surface area contributed by atoms with Crippen molar-refractivity contribution in [2.45, 2.75) is 33.1 Å². The second kappa shape index (κ2) is 13.9. The minimum atomic E-state index is 0.466. The summed E-state index contributed by atoms with van der Waals surface area (Å²) in [6, 6.07) is 25.9. The molecule has 3 heterocycles. The van der Waals surface area contributed by atoms with Crippen molar-refractivity contribution < 1.29 is 5.11 Å². The van der Waals surface area contributed by atoms with Gasteiger partial charge in [-0.3, -0.25) is 19.6 Å². The summed E-state index contributed by atoms with van der Waals surface area (Å²) in [5.41, 5.74) is 7.19. The van der Waals surface area contributed by atoms with E-state index in [9.17, 15) is 5.11 Å². The molecular weight excluding hydrogens is 577 g/mol. The van der Waals surface area contributed by atoms with Crippen molar-refractivity contribution >= 4 is 32.9 Å². The lowest BCUT2D eigenvalue weighted by Crippen LogP contribution is -2.45. The Labute approximate surface area is 262 Å². The molecule has 5 nitrogen and oxygen atoms in total. The summed E-state index contributed by atoms with van der Waals surface area (Å²) in [5, 5.41) is 11.6. The Morgan fingerprint density at radius 1 is 0.619 bits per heavy atom. The number of aromatic hydroxyl groups is 1. The summed E-state index contributed by atoms with van der Waals surface area (Å²) in [7, 11) is 3.44. The van der Waals surface area contributed by atoms with Crippen LogP contribution in [0.1, 0.15) is 27.8 Å². The van der Waals surface area contributed by atoms with E-state index in [1.54, 1.807) is 20.7 Å². The molecule has 220 valence electrons. The lowest BCUT2D eigenvalue weighted by molar-refractivity contribution is 0.119. The topological polar surface area (TPSA) is 33.2 Å². The summed E-state index contributed by atoms with van der Waals surface area (Å²) in [4.78, 5) is 11.3. The molecule has 0 bridgehead atoms. The normalized spacial score (nSPS) is 17.5. The number of hydrogen-bond acceptors (Lipinski definition) is 8. The monoisotopic (exact) mass is 616 g/mol. The summed E-state index contributed by atoms with van der Waals surface area (Å²) >= 11 is 5.60. The standard InChI is InChI=1S/C34H40N4OS3/c1-26-33(41-42-34(26)40)29-20-30(24-37-16-12-35(13-17-37)22-27-8-4-2-5-9-27)32(39)31(21-29)25-38-18-14-36(15-19-38)23-28-10-6-3-7-11-28/h2-11,20-21,39H,12-19,22-25H2,1H3. The number of phenols is 1. The van der Waals surface area contributed by atoms with E-state index in [2.05, 4.69) is 99.3 Å². The van der Waals surface area contributed by atoms with Crippen LogP contribution in [-0.2, 0) is 26.2 Å². The minimum absolute atomic E-state index is 0.466. The molecule has 3 aromatic carbocycles. The van der Waals surface area contributed by atoms with Gasteiger partial charge in [0.15, 0.2) is 0 Å². The SMILES string of the molecule is Cc1c(-c2cc(CN3CCN(Cc4ccccc4)CC3)c(O)c(CN3CCN(Cc4ccccc4)CC3)c2)ssc1=S. The summed E-state index contributed by atoms with van der Waals surface area (Å²) in [6.45, 7) is 13.9. The second-order valence-electron chi connectivity index (χ2n) is 11.6. The van der Waals surface area contributed by atoms with Crippen LogP contribution in [0, 0.1) is 10.7 Å². The predicted molar refractivity (Wildman–Crippen MR) is 179 cm³/mol. The van der Waals surface area contributed by atoms with Crippen LogP contribution in [0.2, 0.25) is 0 Å². The van der Waals surface area contributed by atoms with Gasteiger partial charge >= 0.3 is 0 Å². The van der Waals surface area contributed by atoms with Gasteiger partial charge in [0.05, 0.1) is 4.88 Å². The van der Waals surface area contributed by atoms with Gasteiger partial charge in [-0.2, -0.15) is 0 Å². The highest BCUT2D eigenvalue weighted by Gasteiger charge is 2.23. The van der Waals surface area contributed by atoms with Crippen molar-refractivity contribution in [1.82, 2.24) is 19.6 Å². The first-order valence-corrected chi connectivity index (χ1v) is 17.5. The van der Waals surface area contributed by atoms with Gasteiger partial charge in [0.1, 0.15) is 9.57 Å². The van der Waals surface area contributed by atoms with Crippen LogP contribution < -0.4 is 0 Å². The largest absolute Gasteiger partial charge is 0.507 e. The quantitative estimate of drug-likeness (QED) is 0.164. The fourth-order valence-electron chi connectivity index (χ4n) is 6.07. The molecule has 1 aromatic heterocycles. The third-order valence-electron chi connectivity index (χ3n) is 8.59. The summed E-state index contributed by atoms with van der Waals surface area (Å²) < 4.78 is 0.968. The Hall–Kier alpha value is -2.43. The van der Waals surface area contributed by atoms with Crippen LogP contribution in [0.4, 0.5) is 0 Å². The Morgan fingerprint density at radius 2 is 1.02 bits per heavy atom. The van der Waals surface area contributed by atoms with E-state index in [-0.39, 0.29) is 0 Å². The molecular formula is C34H40N4OS3. The molecule has 0 unspecified atom stereocenters. The molecule has 0 aliphatic carbocycles. The number of rotatable bonds is 9. The van der Waals surface area contributed by atoms with E-state index in [1.165, 1.54) is 27.1 Å². The lowest BCUT2D eigenvalue weighted by atomic mass is 10.00. The molecule has 2 saturated heterocycles. The van der Waals surface area contributed by atoms with E-state index in [0.717, 1.165) is 93.5 Å². The lowest BCUT2D eigenvalue weighted by Gasteiger charge is -2.36. The van der Waals surface area contributed by atoms with Gasteiger partial charge in [0.25, 0.3) is 0 Å². The van der Waals surface area contributed by atoms with Crippen LogP contribution in [0.3, 0.4) is 0 Å². The first-order chi connectivity index (χ1) is 20.5. The van der Waals surface area contributed by atoms with Gasteiger partial charge < -0.3 is 5.11 Å². The molecule has 0 spiro atoms. The molecule has 1 N–H and O–H groups in total. The molecule has 8 heteroatoms. The van der Waals surface area contributed by atoms with E-state index in [4.69, 9.17) is 12.2 Å². The fourth-order valence-corrected chi connectivity index (χ4v) is 8.95. The number of hydrogen-bond donors (Lipinski definition) is 1. The third kappa shape index (κ3) is 7.37. The molecule has 42 heavy (non-hydrogen) atoms. The third-order valence-corrected chi connectivity index (χ3v) is 12.0. The number of phenolic OH excluding ortho intramolecular Hbond substituents is 1. The van der Waals surface area contributed by atoms with Crippen LogP contribution in [0.15, 0.2) is 72.8 Å². The second-order valence-corrected chi connectivity index (χ2v) is 14.4. The molecule has 0 saturated carbocycles. The van der Waals surface area contributed by atoms with Gasteiger partial charge in [-0.15, -0.1) is 0 Å². The summed E-state index contributed by atoms with van der Waals surface area (Å²) in [5.74, 6) is 0.466. The van der Waals surface area contributed by atoms with Crippen molar-refractivity contribution in [3.8, 4) is 16.2 Å². The molecule has 2 aliphatic rings. The molecule has 0 radical (unpaired) electrons. The van der Waals surface area contributed by atoms with Gasteiger partial charge in [0, 0.05) is 89.7 Å². The number of piperazine rings is 2. The zero-order valence-electron chi connectivity index (χ0n) is 24.4. The average Bonchev–Trinajstić information content (AvgIpc) is 3.35. The predicted octanol–water partition coefficient (Wildman–Crippen LogP) is 6.86. The van der Waals surface area contributed by atoms with Gasteiger partial charge in [-0.05, 0) is 41.3 Å². The molecule has 0 atom stereocenters. The number of nitrogens with zero attached hydrogens (tertiary/aromatic N) is 4. The molecule has 2 fully saturated rings. The molecule has 6 rings (SSSR count). The zero-order valence-corrected chi connectivity index (χ0v) is 26.8. The van der Waals surface area contributed by atoms with E-state index in [0.29, 0.717) is 5.75 Å². The maximum atomic E-state index is 11.6. The van der Waals surface area contributed by atoms with E-state index >= 15 is 0 Å². The van der Waals surface area contributed by atoms with E-state index in [1.807, 2.05) is 0 Å². The minimum Gasteiger partial charge on any atom is -0.507 e. The highest BCUT2D eigenvalue weighted by molar-refractivity contribution is 7.80. The first-order valence-electron chi connectivity index (χ1n) is 14.9. The Balaban J connectivity index is 1.14. The Kier molecular flexibility index (Phi) is 9.81. The van der Waals surface area contributed by atoms with Crippen molar-refractivity contribution in [2.24, 2.45) is 0 Å². The Bertz CT molecular complexity index is 1420. The van der Waals surface area contributed by atoms with Gasteiger partial charge in [0.2, 0.25) is 0 Å². The van der Waals surface area contributed by atoms with Gasteiger partial charge in [-0.25, -0.2) is 0 Å². The maximum Gasteiger partial charge on any atom is 0.124 e. The van der Waals surface area contributed by atoms with Crippen molar-refractivity contribution in [2.75, 3.05) is 52.4 Å². The van der Waals surface area contributed by atoms with Crippen LogP contribution in [0.25, 0.3) is 10.4 Å².